The summed E-state index contributed by atoms with van der Waals surface area (Å²) in [6.45, 7) is 19.0. The van der Waals surface area contributed by atoms with Crippen molar-refractivity contribution in [3.05, 3.63) is 0 Å². The predicted molar refractivity (Wildman–Crippen MR) is 84.7 cm³/mol. The molecule has 0 aliphatic carbocycles. The van der Waals surface area contributed by atoms with Gasteiger partial charge in [-0.2, -0.15) is 0 Å². The van der Waals surface area contributed by atoms with Gasteiger partial charge >= 0.3 is 0 Å². The van der Waals surface area contributed by atoms with Crippen molar-refractivity contribution < 1.29 is 0 Å². The maximum Gasteiger partial charge on any atom is 0.00474 e. The molecule has 1 aliphatic heterocycles. The predicted octanol–water partition coefficient (Wildman–Crippen LogP) is 2.43. The van der Waals surface area contributed by atoms with Crippen LogP contribution in [0.1, 0.15) is 47.0 Å². The van der Waals surface area contributed by atoms with Crippen LogP contribution in [-0.4, -0.2) is 62.2 Å². The van der Waals surface area contributed by atoms with Crippen LogP contribution in [0.2, 0.25) is 0 Å². The van der Waals surface area contributed by atoms with Gasteiger partial charge in [-0.25, -0.2) is 0 Å². The number of hydrogen-bond acceptors (Lipinski definition) is 3. The van der Waals surface area contributed by atoms with Gasteiger partial charge in [-0.3, -0.25) is 0 Å². The van der Waals surface area contributed by atoms with E-state index in [4.69, 9.17) is 0 Å². The van der Waals surface area contributed by atoms with Crippen molar-refractivity contribution in [2.24, 2.45) is 5.41 Å². The van der Waals surface area contributed by atoms with Gasteiger partial charge in [0.2, 0.25) is 0 Å². The molecule has 19 heavy (non-hydrogen) atoms. The fraction of sp³-hybridized carbons (Fsp3) is 1.00. The van der Waals surface area contributed by atoms with E-state index in [2.05, 4.69) is 42.8 Å². The zero-order chi connectivity index (χ0) is 14.1. The van der Waals surface area contributed by atoms with Gasteiger partial charge in [0.25, 0.3) is 0 Å². The normalized spacial score (nSPS) is 24.3. The summed E-state index contributed by atoms with van der Waals surface area (Å²) in [7, 11) is 0. The van der Waals surface area contributed by atoms with Crippen LogP contribution in [0.25, 0.3) is 0 Å². The van der Waals surface area contributed by atoms with Crippen LogP contribution in [-0.2, 0) is 0 Å². The summed E-state index contributed by atoms with van der Waals surface area (Å²) in [6, 6.07) is 0. The minimum atomic E-state index is 0.490. The molecule has 0 aromatic heterocycles. The van der Waals surface area contributed by atoms with Crippen molar-refractivity contribution >= 4 is 0 Å². The topological polar surface area (TPSA) is 18.5 Å². The Hall–Kier alpha value is -0.120. The third-order valence-corrected chi connectivity index (χ3v) is 4.58. The average Bonchev–Trinajstić information content (AvgIpc) is 2.43. The van der Waals surface area contributed by atoms with Crippen LogP contribution in [0, 0.1) is 5.41 Å². The minimum absolute atomic E-state index is 0.490. The van der Waals surface area contributed by atoms with Crippen molar-refractivity contribution in [1.29, 1.82) is 0 Å². The molecular formula is C16H35N3. The van der Waals surface area contributed by atoms with Gasteiger partial charge in [-0.15, -0.1) is 0 Å². The first kappa shape index (κ1) is 16.9. The van der Waals surface area contributed by atoms with Crippen molar-refractivity contribution in [2.45, 2.75) is 47.0 Å². The van der Waals surface area contributed by atoms with E-state index < -0.39 is 0 Å². The van der Waals surface area contributed by atoms with Crippen molar-refractivity contribution in [1.82, 2.24) is 15.1 Å². The molecule has 1 fully saturated rings. The maximum atomic E-state index is 3.56. The van der Waals surface area contributed by atoms with Gasteiger partial charge in [0, 0.05) is 13.1 Å². The average molecular weight is 269 g/mol. The molecule has 1 aliphatic rings. The Labute approximate surface area is 120 Å². The summed E-state index contributed by atoms with van der Waals surface area (Å²) in [6.07, 6.45) is 4.03. The summed E-state index contributed by atoms with van der Waals surface area (Å²) in [5.41, 5.74) is 0.490. The largest absolute Gasteiger partial charge is 0.316 e. The molecular weight excluding hydrogens is 234 g/mol. The van der Waals surface area contributed by atoms with Crippen molar-refractivity contribution in [3.8, 4) is 0 Å². The summed E-state index contributed by atoms with van der Waals surface area (Å²) < 4.78 is 0. The zero-order valence-electron chi connectivity index (χ0n) is 13.7. The smallest absolute Gasteiger partial charge is 0.00474 e. The van der Waals surface area contributed by atoms with Gasteiger partial charge in [0.15, 0.2) is 0 Å². The fourth-order valence-corrected chi connectivity index (χ4v) is 3.20. The van der Waals surface area contributed by atoms with Crippen LogP contribution in [0.4, 0.5) is 0 Å². The number of piperidine rings is 1. The van der Waals surface area contributed by atoms with E-state index in [1.165, 1.54) is 71.6 Å². The number of nitrogens with zero attached hydrogens (tertiary/aromatic N) is 2. The highest BCUT2D eigenvalue weighted by Gasteiger charge is 2.28. The van der Waals surface area contributed by atoms with Gasteiger partial charge in [0.05, 0.1) is 0 Å². The molecule has 0 saturated carbocycles. The molecule has 0 amide bonds. The molecule has 0 aromatic carbocycles. The molecule has 0 spiro atoms. The van der Waals surface area contributed by atoms with E-state index in [1.54, 1.807) is 0 Å². The quantitative estimate of drug-likeness (QED) is 0.693. The molecule has 1 saturated heterocycles. The van der Waals surface area contributed by atoms with E-state index in [9.17, 15) is 0 Å². The SMILES string of the molecule is CCN(CC)CCCN(CC)CC1(C)CCCNC1. The van der Waals surface area contributed by atoms with Crippen LogP contribution in [0.3, 0.4) is 0 Å². The van der Waals surface area contributed by atoms with Crippen LogP contribution < -0.4 is 5.32 Å². The molecule has 1 N–H and O–H groups in total. The number of nitrogens with one attached hydrogen (secondary N) is 1. The lowest BCUT2D eigenvalue weighted by Crippen LogP contribution is -2.46. The van der Waals surface area contributed by atoms with Gasteiger partial charge in [-0.05, 0) is 63.9 Å². The molecule has 1 unspecified atom stereocenters. The van der Waals surface area contributed by atoms with E-state index in [0.29, 0.717) is 5.41 Å². The Bertz CT molecular complexity index is 220. The summed E-state index contributed by atoms with van der Waals surface area (Å²) in [5.74, 6) is 0. The number of hydrogen-bond donors (Lipinski definition) is 1. The first-order chi connectivity index (χ1) is 9.13. The lowest BCUT2D eigenvalue weighted by atomic mass is 9.82. The van der Waals surface area contributed by atoms with E-state index >= 15 is 0 Å². The van der Waals surface area contributed by atoms with E-state index in [0.717, 1.165) is 0 Å². The Morgan fingerprint density at radius 1 is 1.00 bits per heavy atom. The maximum absolute atomic E-state index is 3.56. The lowest BCUT2D eigenvalue weighted by molar-refractivity contribution is 0.132. The van der Waals surface area contributed by atoms with E-state index in [1.807, 2.05) is 0 Å². The summed E-state index contributed by atoms with van der Waals surface area (Å²) >= 11 is 0. The molecule has 1 heterocycles. The highest BCUT2D eigenvalue weighted by Crippen LogP contribution is 2.26. The van der Waals surface area contributed by atoms with Crippen LogP contribution >= 0.6 is 0 Å². The van der Waals surface area contributed by atoms with Crippen molar-refractivity contribution in [3.63, 3.8) is 0 Å². The second-order valence-electron chi connectivity index (χ2n) is 6.34. The monoisotopic (exact) mass is 269 g/mol. The fourth-order valence-electron chi connectivity index (χ4n) is 3.20. The Morgan fingerprint density at radius 2 is 1.63 bits per heavy atom. The Kier molecular flexibility index (Phi) is 7.96. The third-order valence-electron chi connectivity index (χ3n) is 4.58. The molecule has 1 atom stereocenters. The first-order valence-electron chi connectivity index (χ1n) is 8.29. The molecule has 0 radical (unpaired) electrons. The first-order valence-corrected chi connectivity index (χ1v) is 8.29. The second-order valence-corrected chi connectivity index (χ2v) is 6.34. The van der Waals surface area contributed by atoms with Crippen molar-refractivity contribution in [2.75, 3.05) is 52.4 Å². The standard InChI is InChI=1S/C16H35N3/c1-5-18(6-2)12-9-13-19(7-3)15-16(4)10-8-11-17-14-16/h17H,5-15H2,1-4H3. The van der Waals surface area contributed by atoms with Crippen LogP contribution in [0.5, 0.6) is 0 Å². The molecule has 0 aromatic rings. The van der Waals surface area contributed by atoms with Gasteiger partial charge in [0.1, 0.15) is 0 Å². The molecule has 114 valence electrons. The zero-order valence-corrected chi connectivity index (χ0v) is 13.7. The van der Waals surface area contributed by atoms with Crippen LogP contribution in [0.15, 0.2) is 0 Å². The molecule has 3 nitrogen and oxygen atoms in total. The summed E-state index contributed by atoms with van der Waals surface area (Å²) in [5, 5.41) is 3.56. The van der Waals surface area contributed by atoms with Gasteiger partial charge < -0.3 is 15.1 Å². The van der Waals surface area contributed by atoms with E-state index in [-0.39, 0.29) is 0 Å². The Balaban J connectivity index is 2.28. The minimum Gasteiger partial charge on any atom is -0.316 e. The molecule has 1 rings (SSSR count). The highest BCUT2D eigenvalue weighted by atomic mass is 15.1. The third kappa shape index (κ3) is 6.24. The Morgan fingerprint density at radius 3 is 2.16 bits per heavy atom. The molecule has 3 heteroatoms. The molecule has 0 bridgehead atoms. The lowest BCUT2D eigenvalue weighted by Gasteiger charge is -2.38. The summed E-state index contributed by atoms with van der Waals surface area (Å²) in [4.78, 5) is 5.17. The number of rotatable bonds is 9. The van der Waals surface area contributed by atoms with Gasteiger partial charge in [-0.1, -0.05) is 27.7 Å². The second kappa shape index (κ2) is 8.93. The highest BCUT2D eigenvalue weighted by molar-refractivity contribution is 4.84.